The zero-order valence-corrected chi connectivity index (χ0v) is 20.9. The topological polar surface area (TPSA) is 116 Å². The Morgan fingerprint density at radius 2 is 1.38 bits per heavy atom. The van der Waals surface area contributed by atoms with Crippen molar-refractivity contribution in [3.63, 3.8) is 0 Å². The number of hydrogen-bond donors (Lipinski definition) is 1. The van der Waals surface area contributed by atoms with E-state index >= 15 is 0 Å². The molecule has 0 spiro atoms. The van der Waals surface area contributed by atoms with E-state index in [4.69, 9.17) is 32.7 Å². The van der Waals surface area contributed by atoms with Gasteiger partial charge < -0.3 is 14.8 Å². The van der Waals surface area contributed by atoms with E-state index in [2.05, 4.69) is 5.32 Å². The normalized spacial score (nSPS) is 10.3. The first-order valence-corrected chi connectivity index (χ1v) is 11.8. The monoisotopic (exact) mass is 541 g/mol. The molecule has 0 unspecified atom stereocenters. The number of nitrogens with one attached hydrogen (secondary N) is 1. The molecular formula is C27H21Cl2NO7. The number of ketones is 2. The molecule has 0 saturated heterocycles. The van der Waals surface area contributed by atoms with Gasteiger partial charge in [-0.25, -0.2) is 4.79 Å². The van der Waals surface area contributed by atoms with Gasteiger partial charge in [0.2, 0.25) is 11.7 Å². The molecule has 3 aromatic rings. The van der Waals surface area contributed by atoms with E-state index in [0.29, 0.717) is 16.3 Å². The number of ether oxygens (including phenoxy) is 2. The smallest absolute Gasteiger partial charge is 0.338 e. The quantitative estimate of drug-likeness (QED) is 0.262. The largest absolute Gasteiger partial charge is 0.457 e. The van der Waals surface area contributed by atoms with Gasteiger partial charge in [0.05, 0.1) is 17.0 Å². The number of carbonyl (C=O) groups excluding carboxylic acids is 5. The summed E-state index contributed by atoms with van der Waals surface area (Å²) < 4.78 is 9.96. The molecule has 3 aromatic carbocycles. The molecule has 0 heterocycles. The van der Waals surface area contributed by atoms with Crippen LogP contribution in [0.3, 0.4) is 0 Å². The van der Waals surface area contributed by atoms with Crippen LogP contribution >= 0.6 is 23.2 Å². The molecular weight excluding hydrogens is 521 g/mol. The Balaban J connectivity index is 1.39. The van der Waals surface area contributed by atoms with E-state index in [1.165, 1.54) is 42.5 Å². The molecule has 1 N–H and O–H groups in total. The predicted octanol–water partition coefficient (Wildman–Crippen LogP) is 5.18. The summed E-state index contributed by atoms with van der Waals surface area (Å²) in [5.74, 6) is -2.69. The van der Waals surface area contributed by atoms with Gasteiger partial charge in [0.1, 0.15) is 0 Å². The van der Waals surface area contributed by atoms with Gasteiger partial charge in [-0.3, -0.25) is 19.2 Å². The van der Waals surface area contributed by atoms with Gasteiger partial charge in [0.15, 0.2) is 19.0 Å². The fourth-order valence-corrected chi connectivity index (χ4v) is 3.58. The average molecular weight is 542 g/mol. The lowest BCUT2D eigenvalue weighted by molar-refractivity contribution is -0.143. The summed E-state index contributed by atoms with van der Waals surface area (Å²) in [7, 11) is 0. The number of rotatable bonds is 11. The van der Waals surface area contributed by atoms with E-state index < -0.39 is 36.8 Å². The fourth-order valence-electron chi connectivity index (χ4n) is 3.06. The third kappa shape index (κ3) is 8.56. The molecule has 0 fully saturated rings. The lowest BCUT2D eigenvalue weighted by atomic mass is 10.1. The van der Waals surface area contributed by atoms with Gasteiger partial charge in [0.25, 0.3) is 0 Å². The van der Waals surface area contributed by atoms with Crippen molar-refractivity contribution in [2.24, 2.45) is 0 Å². The van der Waals surface area contributed by atoms with Crippen LogP contribution in [0.2, 0.25) is 10.0 Å². The lowest BCUT2D eigenvalue weighted by Crippen LogP contribution is -2.17. The Hall–Kier alpha value is -4.01. The first-order chi connectivity index (χ1) is 17.7. The van der Waals surface area contributed by atoms with Crippen LogP contribution in [0.1, 0.15) is 43.9 Å². The third-order valence-electron chi connectivity index (χ3n) is 4.99. The van der Waals surface area contributed by atoms with E-state index in [1.807, 2.05) is 0 Å². The highest BCUT2D eigenvalue weighted by Gasteiger charge is 2.15. The summed E-state index contributed by atoms with van der Waals surface area (Å²) in [5, 5.41) is 3.10. The summed E-state index contributed by atoms with van der Waals surface area (Å²) in [6.45, 7) is -0.911. The van der Waals surface area contributed by atoms with Gasteiger partial charge >= 0.3 is 11.9 Å². The van der Waals surface area contributed by atoms with Crippen LogP contribution in [0, 0.1) is 0 Å². The molecule has 8 nitrogen and oxygen atoms in total. The Kier molecular flexibility index (Phi) is 9.94. The van der Waals surface area contributed by atoms with Crippen molar-refractivity contribution in [2.75, 3.05) is 18.5 Å². The van der Waals surface area contributed by atoms with Gasteiger partial charge in [-0.2, -0.15) is 0 Å². The Morgan fingerprint density at radius 3 is 2.05 bits per heavy atom. The van der Waals surface area contributed by atoms with Crippen molar-refractivity contribution in [1.82, 2.24) is 0 Å². The van der Waals surface area contributed by atoms with Crippen LogP contribution < -0.4 is 5.32 Å². The zero-order valence-electron chi connectivity index (χ0n) is 19.4. The number of hydrogen-bond acceptors (Lipinski definition) is 7. The Morgan fingerprint density at radius 1 is 0.703 bits per heavy atom. The zero-order chi connectivity index (χ0) is 26.8. The van der Waals surface area contributed by atoms with Crippen molar-refractivity contribution in [3.05, 3.63) is 99.5 Å². The van der Waals surface area contributed by atoms with E-state index in [-0.39, 0.29) is 34.8 Å². The van der Waals surface area contributed by atoms with Crippen molar-refractivity contribution < 1.29 is 33.4 Å². The molecule has 3 rings (SSSR count). The summed E-state index contributed by atoms with van der Waals surface area (Å²) in [6.07, 6.45) is -0.423. The number of anilines is 1. The molecule has 0 aromatic heterocycles. The summed E-state index contributed by atoms with van der Waals surface area (Å²) >= 11 is 11.8. The van der Waals surface area contributed by atoms with Gasteiger partial charge in [-0.05, 0) is 42.5 Å². The van der Waals surface area contributed by atoms with Crippen LogP contribution in [0.4, 0.5) is 5.69 Å². The van der Waals surface area contributed by atoms with Crippen LogP contribution in [0.5, 0.6) is 0 Å². The van der Waals surface area contributed by atoms with Crippen molar-refractivity contribution >= 4 is 58.3 Å². The van der Waals surface area contributed by atoms with Crippen molar-refractivity contribution in [2.45, 2.75) is 12.8 Å². The van der Waals surface area contributed by atoms with Gasteiger partial charge in [-0.1, -0.05) is 53.5 Å². The minimum Gasteiger partial charge on any atom is -0.457 e. The van der Waals surface area contributed by atoms with Crippen LogP contribution in [0.25, 0.3) is 0 Å². The van der Waals surface area contributed by atoms with E-state index in [9.17, 15) is 24.0 Å². The fraction of sp³-hybridized carbons (Fsp3) is 0.148. The minimum atomic E-state index is -0.725. The molecule has 0 aliphatic carbocycles. The van der Waals surface area contributed by atoms with Gasteiger partial charge in [-0.15, -0.1) is 0 Å². The standard InChI is InChI=1S/C27H21Cl2NO7/c28-19-8-11-21(22(29)14-19)24(32)16-36-26(34)13-12-25(33)30-20-9-6-18(7-10-20)27(35)37-15-23(31)17-4-2-1-3-5-17/h1-11,14H,12-13,15-16H2,(H,30,33). The van der Waals surface area contributed by atoms with Crippen LogP contribution in [-0.4, -0.2) is 42.6 Å². The van der Waals surface area contributed by atoms with E-state index in [1.54, 1.807) is 30.3 Å². The maximum Gasteiger partial charge on any atom is 0.338 e. The molecule has 0 atom stereocenters. The molecule has 0 bridgehead atoms. The summed E-state index contributed by atoms with van der Waals surface area (Å²) in [6, 6.07) is 18.6. The molecule has 190 valence electrons. The minimum absolute atomic E-state index is 0.146. The first kappa shape index (κ1) is 27.6. The molecule has 0 aliphatic heterocycles. The second kappa shape index (κ2) is 13.3. The molecule has 0 saturated carbocycles. The highest BCUT2D eigenvalue weighted by molar-refractivity contribution is 6.36. The summed E-state index contributed by atoms with van der Waals surface area (Å²) in [5.41, 5.74) is 1.21. The molecule has 0 aliphatic rings. The second-order valence-electron chi connectivity index (χ2n) is 7.70. The third-order valence-corrected chi connectivity index (χ3v) is 5.53. The highest BCUT2D eigenvalue weighted by Crippen LogP contribution is 2.21. The first-order valence-electron chi connectivity index (χ1n) is 11.0. The number of Topliss-reactive ketones (excluding diaryl/α,β-unsaturated/α-hetero) is 2. The number of carbonyl (C=O) groups is 5. The van der Waals surface area contributed by atoms with Crippen LogP contribution in [-0.2, 0) is 19.1 Å². The molecule has 0 radical (unpaired) electrons. The maximum absolute atomic E-state index is 12.2. The van der Waals surface area contributed by atoms with Gasteiger partial charge in [0, 0.05) is 28.3 Å². The Bertz CT molecular complexity index is 1310. The highest BCUT2D eigenvalue weighted by atomic mass is 35.5. The lowest BCUT2D eigenvalue weighted by Gasteiger charge is -2.08. The van der Waals surface area contributed by atoms with Crippen LogP contribution in [0.15, 0.2) is 72.8 Å². The molecule has 10 heteroatoms. The predicted molar refractivity (Wildman–Crippen MR) is 137 cm³/mol. The molecule has 1 amide bonds. The van der Waals surface area contributed by atoms with Crippen molar-refractivity contribution in [3.8, 4) is 0 Å². The number of esters is 2. The molecule has 37 heavy (non-hydrogen) atoms. The van der Waals surface area contributed by atoms with Crippen molar-refractivity contribution in [1.29, 1.82) is 0 Å². The number of benzene rings is 3. The van der Waals surface area contributed by atoms with E-state index in [0.717, 1.165) is 0 Å². The average Bonchev–Trinajstić information content (AvgIpc) is 2.90. The number of halogens is 2. The summed E-state index contributed by atoms with van der Waals surface area (Å²) in [4.78, 5) is 60.4. The SMILES string of the molecule is O=C(CCC(=O)OCC(=O)c1ccc(Cl)cc1Cl)Nc1ccc(C(=O)OCC(=O)c2ccccc2)cc1. The maximum atomic E-state index is 12.2. The number of amides is 1. The second-order valence-corrected chi connectivity index (χ2v) is 8.54. The Labute approximate surface area is 222 Å².